The normalized spacial score (nSPS) is 13.8. The number of thioether (sulfide) groups is 1. The van der Waals surface area contributed by atoms with Crippen LogP contribution in [0.5, 0.6) is 5.75 Å². The molecule has 1 aliphatic heterocycles. The molecule has 1 amide bonds. The first kappa shape index (κ1) is 16.9. The second-order valence-corrected chi connectivity index (χ2v) is 6.62. The molecule has 0 saturated carbocycles. The van der Waals surface area contributed by atoms with Crippen molar-refractivity contribution in [1.29, 1.82) is 0 Å². The van der Waals surface area contributed by atoms with E-state index >= 15 is 0 Å². The zero-order chi connectivity index (χ0) is 16.9. The second kappa shape index (κ2) is 7.73. The first-order valence-corrected chi connectivity index (χ1v) is 8.92. The van der Waals surface area contributed by atoms with E-state index < -0.39 is 0 Å². The SMILES string of the molecule is COc1ccccc1C(=O)N1CCN=C1SCc1ccc(Cl)cc1. The number of amidine groups is 1. The number of rotatable bonds is 4. The Morgan fingerprint density at radius 3 is 2.75 bits per heavy atom. The molecule has 0 unspecified atom stereocenters. The number of methoxy groups -OCH3 is 1. The monoisotopic (exact) mass is 360 g/mol. The Labute approximate surface area is 150 Å². The van der Waals surface area contributed by atoms with E-state index in [4.69, 9.17) is 16.3 Å². The minimum Gasteiger partial charge on any atom is -0.496 e. The first-order chi connectivity index (χ1) is 11.7. The number of para-hydroxylation sites is 1. The number of ether oxygens (including phenoxy) is 1. The lowest BCUT2D eigenvalue weighted by molar-refractivity contribution is 0.0857. The zero-order valence-corrected chi connectivity index (χ0v) is 14.8. The number of aliphatic imine (C=N–C) groups is 1. The average molecular weight is 361 g/mol. The highest BCUT2D eigenvalue weighted by Crippen LogP contribution is 2.25. The van der Waals surface area contributed by atoms with Gasteiger partial charge in [0.15, 0.2) is 5.17 Å². The van der Waals surface area contributed by atoms with Crippen LogP contribution in [0.3, 0.4) is 0 Å². The van der Waals surface area contributed by atoms with E-state index in [1.54, 1.807) is 35.9 Å². The summed E-state index contributed by atoms with van der Waals surface area (Å²) in [4.78, 5) is 19.0. The smallest absolute Gasteiger partial charge is 0.263 e. The third-order valence-electron chi connectivity index (χ3n) is 3.67. The molecule has 0 N–H and O–H groups in total. The molecule has 0 fully saturated rings. The number of carbonyl (C=O) groups is 1. The Bertz CT molecular complexity index is 762. The van der Waals surface area contributed by atoms with Crippen LogP contribution in [0.25, 0.3) is 0 Å². The molecule has 0 aliphatic carbocycles. The van der Waals surface area contributed by atoms with Crippen molar-refractivity contribution in [2.24, 2.45) is 4.99 Å². The van der Waals surface area contributed by atoms with Crippen LogP contribution in [-0.4, -0.2) is 36.2 Å². The van der Waals surface area contributed by atoms with Crippen LogP contribution in [0.1, 0.15) is 15.9 Å². The van der Waals surface area contributed by atoms with Gasteiger partial charge in [0.25, 0.3) is 5.91 Å². The van der Waals surface area contributed by atoms with Gasteiger partial charge >= 0.3 is 0 Å². The second-order valence-electron chi connectivity index (χ2n) is 5.24. The summed E-state index contributed by atoms with van der Waals surface area (Å²) in [7, 11) is 1.57. The lowest BCUT2D eigenvalue weighted by atomic mass is 10.2. The van der Waals surface area contributed by atoms with Gasteiger partial charge in [-0.1, -0.05) is 47.6 Å². The summed E-state index contributed by atoms with van der Waals surface area (Å²) in [6.45, 7) is 1.23. The molecule has 0 atom stereocenters. The summed E-state index contributed by atoms with van der Waals surface area (Å²) in [5.74, 6) is 1.25. The number of carbonyl (C=O) groups excluding carboxylic acids is 1. The fourth-order valence-electron chi connectivity index (χ4n) is 2.43. The molecule has 1 heterocycles. The molecule has 4 nitrogen and oxygen atoms in total. The molecule has 0 saturated heterocycles. The number of hydrogen-bond acceptors (Lipinski definition) is 4. The van der Waals surface area contributed by atoms with Gasteiger partial charge < -0.3 is 4.74 Å². The van der Waals surface area contributed by atoms with Gasteiger partial charge in [-0.2, -0.15) is 0 Å². The molecule has 24 heavy (non-hydrogen) atoms. The molecular formula is C18H17ClN2O2S. The summed E-state index contributed by atoms with van der Waals surface area (Å²) < 4.78 is 5.30. The Hall–Kier alpha value is -1.98. The van der Waals surface area contributed by atoms with Crippen LogP contribution in [0.4, 0.5) is 0 Å². The highest BCUT2D eigenvalue weighted by atomic mass is 35.5. The molecule has 0 aromatic heterocycles. The molecule has 3 rings (SSSR count). The predicted molar refractivity (Wildman–Crippen MR) is 99.1 cm³/mol. The van der Waals surface area contributed by atoms with Crippen molar-refractivity contribution in [3.63, 3.8) is 0 Å². The molecule has 2 aromatic rings. The van der Waals surface area contributed by atoms with E-state index in [-0.39, 0.29) is 5.91 Å². The minimum atomic E-state index is -0.0766. The molecule has 0 spiro atoms. The third kappa shape index (κ3) is 3.74. The van der Waals surface area contributed by atoms with Crippen molar-refractivity contribution in [3.8, 4) is 5.75 Å². The highest BCUT2D eigenvalue weighted by Gasteiger charge is 2.26. The summed E-state index contributed by atoms with van der Waals surface area (Å²) in [6, 6.07) is 15.0. The van der Waals surface area contributed by atoms with Crippen molar-refractivity contribution in [3.05, 3.63) is 64.7 Å². The van der Waals surface area contributed by atoms with E-state index in [1.165, 1.54) is 0 Å². The zero-order valence-electron chi connectivity index (χ0n) is 13.2. The average Bonchev–Trinajstić information content (AvgIpc) is 3.09. The summed E-state index contributed by atoms with van der Waals surface area (Å²) >= 11 is 7.46. The Balaban J connectivity index is 1.70. The van der Waals surface area contributed by atoms with E-state index in [0.717, 1.165) is 21.5 Å². The Kier molecular flexibility index (Phi) is 5.43. The summed E-state index contributed by atoms with van der Waals surface area (Å²) in [6.07, 6.45) is 0. The van der Waals surface area contributed by atoms with Gasteiger partial charge in [0.2, 0.25) is 0 Å². The first-order valence-electron chi connectivity index (χ1n) is 7.55. The number of hydrogen-bond donors (Lipinski definition) is 0. The van der Waals surface area contributed by atoms with Crippen molar-refractivity contribution in [2.45, 2.75) is 5.75 Å². The predicted octanol–water partition coefficient (Wildman–Crippen LogP) is 4.09. The van der Waals surface area contributed by atoms with Crippen molar-refractivity contribution in [2.75, 3.05) is 20.2 Å². The quantitative estimate of drug-likeness (QED) is 0.824. The van der Waals surface area contributed by atoms with Gasteiger partial charge in [0.1, 0.15) is 5.75 Å². The molecule has 2 aromatic carbocycles. The molecule has 1 aliphatic rings. The molecule has 6 heteroatoms. The summed E-state index contributed by atoms with van der Waals surface area (Å²) in [5.41, 5.74) is 1.70. The van der Waals surface area contributed by atoms with Crippen LogP contribution >= 0.6 is 23.4 Å². The van der Waals surface area contributed by atoms with Crippen LogP contribution < -0.4 is 4.74 Å². The highest BCUT2D eigenvalue weighted by molar-refractivity contribution is 8.13. The van der Waals surface area contributed by atoms with Crippen molar-refractivity contribution >= 4 is 34.4 Å². The van der Waals surface area contributed by atoms with Crippen molar-refractivity contribution < 1.29 is 9.53 Å². The molecule has 124 valence electrons. The van der Waals surface area contributed by atoms with E-state index in [2.05, 4.69) is 4.99 Å². The van der Waals surface area contributed by atoms with Crippen LogP contribution in [-0.2, 0) is 5.75 Å². The number of halogens is 1. The largest absolute Gasteiger partial charge is 0.496 e. The number of nitrogens with zero attached hydrogens (tertiary/aromatic N) is 2. The minimum absolute atomic E-state index is 0.0766. The Morgan fingerprint density at radius 2 is 2.00 bits per heavy atom. The maximum Gasteiger partial charge on any atom is 0.263 e. The maximum absolute atomic E-state index is 12.8. The molecule has 0 bridgehead atoms. The van der Waals surface area contributed by atoms with Gasteiger partial charge in [-0.15, -0.1) is 0 Å². The van der Waals surface area contributed by atoms with Crippen molar-refractivity contribution in [1.82, 2.24) is 4.90 Å². The maximum atomic E-state index is 12.8. The van der Waals surface area contributed by atoms with E-state index in [0.29, 0.717) is 24.4 Å². The van der Waals surface area contributed by atoms with Gasteiger partial charge in [0.05, 0.1) is 19.2 Å². The number of amides is 1. The third-order valence-corrected chi connectivity index (χ3v) is 5.00. The lowest BCUT2D eigenvalue weighted by Gasteiger charge is -2.19. The fraction of sp³-hybridized carbons (Fsp3) is 0.222. The van der Waals surface area contributed by atoms with E-state index in [1.807, 2.05) is 36.4 Å². The van der Waals surface area contributed by atoms with Gasteiger partial charge in [-0.05, 0) is 29.8 Å². The van der Waals surface area contributed by atoms with Gasteiger partial charge in [-0.3, -0.25) is 14.7 Å². The fourth-order valence-corrected chi connectivity index (χ4v) is 3.56. The van der Waals surface area contributed by atoms with Crippen LogP contribution in [0.2, 0.25) is 5.02 Å². The van der Waals surface area contributed by atoms with Gasteiger partial charge in [-0.25, -0.2) is 0 Å². The topological polar surface area (TPSA) is 41.9 Å². The summed E-state index contributed by atoms with van der Waals surface area (Å²) in [5, 5.41) is 1.47. The van der Waals surface area contributed by atoms with Crippen LogP contribution in [0, 0.1) is 0 Å². The van der Waals surface area contributed by atoms with E-state index in [9.17, 15) is 4.79 Å². The number of benzene rings is 2. The Morgan fingerprint density at radius 1 is 1.25 bits per heavy atom. The van der Waals surface area contributed by atoms with Crippen LogP contribution in [0.15, 0.2) is 53.5 Å². The standard InChI is InChI=1S/C18H17ClN2O2S/c1-23-16-5-3-2-4-15(16)17(22)21-11-10-20-18(21)24-12-13-6-8-14(19)9-7-13/h2-9H,10-12H2,1H3. The molecule has 0 radical (unpaired) electrons. The van der Waals surface area contributed by atoms with Gasteiger partial charge in [0, 0.05) is 17.3 Å². The molecular weight excluding hydrogens is 344 g/mol. The lowest BCUT2D eigenvalue weighted by Crippen LogP contribution is -2.33.